The molecule has 0 aromatic carbocycles. The zero-order valence-corrected chi connectivity index (χ0v) is 10.8. The van der Waals surface area contributed by atoms with Crippen molar-refractivity contribution < 1.29 is 4.74 Å². The first-order valence-electron chi connectivity index (χ1n) is 5.95. The fourth-order valence-electron chi connectivity index (χ4n) is 2.10. The second-order valence-corrected chi connectivity index (χ2v) is 4.02. The van der Waals surface area contributed by atoms with E-state index in [-0.39, 0.29) is 6.04 Å². The molecule has 0 aliphatic heterocycles. The van der Waals surface area contributed by atoms with Crippen LogP contribution in [0.5, 0.6) is 0 Å². The molecule has 0 aliphatic carbocycles. The molecule has 0 fully saturated rings. The van der Waals surface area contributed by atoms with Crippen LogP contribution in [0.4, 0.5) is 0 Å². The molecule has 2 unspecified atom stereocenters. The number of aromatic nitrogens is 2. The number of ether oxygens (including phenoxy) is 1. The molecule has 0 bridgehead atoms. The molecule has 1 rings (SSSR count). The van der Waals surface area contributed by atoms with Crippen LogP contribution in [0.15, 0.2) is 18.6 Å². The minimum Gasteiger partial charge on any atom is -0.383 e. The maximum Gasteiger partial charge on any atom is 0.115 e. The smallest absolute Gasteiger partial charge is 0.115 e. The van der Waals surface area contributed by atoms with Crippen molar-refractivity contribution in [1.82, 2.24) is 14.9 Å². The van der Waals surface area contributed by atoms with Gasteiger partial charge in [0.05, 0.1) is 18.3 Å². The van der Waals surface area contributed by atoms with E-state index in [4.69, 9.17) is 10.5 Å². The molecule has 5 heteroatoms. The zero-order chi connectivity index (χ0) is 12.7. The highest BCUT2D eigenvalue weighted by Crippen LogP contribution is 2.19. The molecule has 0 saturated heterocycles. The lowest BCUT2D eigenvalue weighted by molar-refractivity contribution is 0.0738. The molecule has 5 nitrogen and oxygen atoms in total. The lowest BCUT2D eigenvalue weighted by Crippen LogP contribution is -2.42. The Morgan fingerprint density at radius 1 is 1.53 bits per heavy atom. The summed E-state index contributed by atoms with van der Waals surface area (Å²) in [6.07, 6.45) is 3.31. The van der Waals surface area contributed by atoms with Crippen LogP contribution < -0.4 is 5.73 Å². The molecule has 96 valence electrons. The van der Waals surface area contributed by atoms with Crippen LogP contribution in [0.25, 0.3) is 0 Å². The van der Waals surface area contributed by atoms with Gasteiger partial charge in [-0.3, -0.25) is 4.90 Å². The second kappa shape index (κ2) is 7.32. The van der Waals surface area contributed by atoms with Crippen LogP contribution >= 0.6 is 0 Å². The fourth-order valence-corrected chi connectivity index (χ4v) is 2.10. The van der Waals surface area contributed by atoms with Crippen LogP contribution in [-0.2, 0) is 4.74 Å². The number of hydrogen-bond donors (Lipinski definition) is 1. The van der Waals surface area contributed by atoms with Gasteiger partial charge in [0, 0.05) is 25.9 Å². The molecule has 0 aliphatic rings. The van der Waals surface area contributed by atoms with E-state index in [1.807, 2.05) is 6.07 Å². The van der Waals surface area contributed by atoms with Crippen molar-refractivity contribution in [3.8, 4) is 0 Å². The van der Waals surface area contributed by atoms with Gasteiger partial charge in [-0.25, -0.2) is 9.97 Å². The highest BCUT2D eigenvalue weighted by molar-refractivity contribution is 5.06. The summed E-state index contributed by atoms with van der Waals surface area (Å²) >= 11 is 0. The van der Waals surface area contributed by atoms with E-state index in [2.05, 4.69) is 28.7 Å². The fraction of sp³-hybridized carbons (Fsp3) is 0.667. The number of methoxy groups -OCH3 is 1. The lowest BCUT2D eigenvalue weighted by atomic mass is 10.1. The van der Waals surface area contributed by atoms with E-state index in [9.17, 15) is 0 Å². The van der Waals surface area contributed by atoms with Crippen molar-refractivity contribution in [2.45, 2.75) is 25.9 Å². The predicted molar refractivity (Wildman–Crippen MR) is 67.5 cm³/mol. The Morgan fingerprint density at radius 2 is 2.29 bits per heavy atom. The van der Waals surface area contributed by atoms with Crippen LogP contribution in [0.2, 0.25) is 0 Å². The Hall–Kier alpha value is -1.04. The van der Waals surface area contributed by atoms with E-state index in [1.54, 1.807) is 19.6 Å². The first-order chi connectivity index (χ1) is 8.24. The highest BCUT2D eigenvalue weighted by atomic mass is 16.5. The molecule has 2 N–H and O–H groups in total. The van der Waals surface area contributed by atoms with Gasteiger partial charge in [-0.2, -0.15) is 0 Å². The van der Waals surface area contributed by atoms with Gasteiger partial charge < -0.3 is 10.5 Å². The lowest BCUT2D eigenvalue weighted by Gasteiger charge is -2.34. The first kappa shape index (κ1) is 14.0. The van der Waals surface area contributed by atoms with Gasteiger partial charge in [-0.05, 0) is 19.5 Å². The summed E-state index contributed by atoms with van der Waals surface area (Å²) in [6, 6.07) is 2.35. The second-order valence-electron chi connectivity index (χ2n) is 4.02. The number of rotatable bonds is 7. The molecule has 0 saturated carbocycles. The summed E-state index contributed by atoms with van der Waals surface area (Å²) in [5.41, 5.74) is 6.84. The molecule has 0 amide bonds. The Balaban J connectivity index is 2.83. The molecule has 17 heavy (non-hydrogen) atoms. The van der Waals surface area contributed by atoms with Crippen molar-refractivity contribution >= 4 is 0 Å². The van der Waals surface area contributed by atoms with Crippen LogP contribution in [0.1, 0.15) is 25.6 Å². The third-order valence-corrected chi connectivity index (χ3v) is 2.91. The minimum atomic E-state index is 0.119. The Bertz CT molecular complexity index is 307. The number of hydrogen-bond acceptors (Lipinski definition) is 5. The predicted octanol–water partition coefficient (Wildman–Crippen LogP) is 0.833. The van der Waals surface area contributed by atoms with E-state index < -0.39 is 0 Å². The summed E-state index contributed by atoms with van der Waals surface area (Å²) in [6.45, 7) is 6.40. The Labute approximate surface area is 103 Å². The van der Waals surface area contributed by atoms with Crippen molar-refractivity contribution in [3.63, 3.8) is 0 Å². The van der Waals surface area contributed by atoms with Crippen LogP contribution in [0.3, 0.4) is 0 Å². The number of nitrogens with zero attached hydrogens (tertiary/aromatic N) is 3. The molecule has 0 spiro atoms. The maximum atomic E-state index is 5.87. The summed E-state index contributed by atoms with van der Waals surface area (Å²) < 4.78 is 5.20. The standard InChI is InChI=1S/C12H22N4O/c1-4-16(10(2)8-17-3)12(7-13)11-5-6-14-9-15-11/h5-6,9-10,12H,4,7-8,13H2,1-3H3. The topological polar surface area (TPSA) is 64.3 Å². The van der Waals surface area contributed by atoms with Crippen LogP contribution in [0, 0.1) is 0 Å². The van der Waals surface area contributed by atoms with E-state index >= 15 is 0 Å². The molecule has 1 heterocycles. The first-order valence-corrected chi connectivity index (χ1v) is 5.95. The Morgan fingerprint density at radius 3 is 2.76 bits per heavy atom. The van der Waals surface area contributed by atoms with E-state index in [0.29, 0.717) is 19.2 Å². The average Bonchev–Trinajstić information content (AvgIpc) is 2.37. The average molecular weight is 238 g/mol. The summed E-state index contributed by atoms with van der Waals surface area (Å²) in [5.74, 6) is 0. The quantitative estimate of drug-likeness (QED) is 0.762. The zero-order valence-electron chi connectivity index (χ0n) is 10.8. The maximum absolute atomic E-state index is 5.87. The van der Waals surface area contributed by atoms with Gasteiger partial charge in [-0.1, -0.05) is 6.92 Å². The third-order valence-electron chi connectivity index (χ3n) is 2.91. The van der Waals surface area contributed by atoms with E-state index in [1.165, 1.54) is 0 Å². The molecule has 1 aromatic rings. The highest BCUT2D eigenvalue weighted by Gasteiger charge is 2.23. The SMILES string of the molecule is CCN(C(C)COC)C(CN)c1ccncn1. The largest absolute Gasteiger partial charge is 0.383 e. The van der Waals surface area contributed by atoms with Crippen LogP contribution in [-0.4, -0.2) is 47.7 Å². The van der Waals surface area contributed by atoms with Gasteiger partial charge in [0.2, 0.25) is 0 Å². The Kier molecular flexibility index (Phi) is 6.04. The van der Waals surface area contributed by atoms with Crippen molar-refractivity contribution in [2.75, 3.05) is 26.8 Å². The monoisotopic (exact) mass is 238 g/mol. The number of nitrogens with two attached hydrogens (primary N) is 1. The van der Waals surface area contributed by atoms with Gasteiger partial charge in [-0.15, -0.1) is 0 Å². The number of likely N-dealkylation sites (N-methyl/N-ethyl adjacent to an activating group) is 1. The van der Waals surface area contributed by atoms with Crippen molar-refractivity contribution in [2.24, 2.45) is 5.73 Å². The summed E-state index contributed by atoms with van der Waals surface area (Å²) in [7, 11) is 1.71. The van der Waals surface area contributed by atoms with Gasteiger partial charge >= 0.3 is 0 Å². The summed E-state index contributed by atoms with van der Waals surface area (Å²) in [4.78, 5) is 10.5. The minimum absolute atomic E-state index is 0.119. The van der Waals surface area contributed by atoms with Crippen molar-refractivity contribution in [1.29, 1.82) is 0 Å². The van der Waals surface area contributed by atoms with Gasteiger partial charge in [0.15, 0.2) is 0 Å². The van der Waals surface area contributed by atoms with Crippen molar-refractivity contribution in [3.05, 3.63) is 24.3 Å². The normalized spacial score (nSPS) is 14.9. The molecule has 0 radical (unpaired) electrons. The molecular weight excluding hydrogens is 216 g/mol. The molecule has 2 atom stereocenters. The van der Waals surface area contributed by atoms with Gasteiger partial charge in [0.1, 0.15) is 6.33 Å². The van der Waals surface area contributed by atoms with Gasteiger partial charge in [0.25, 0.3) is 0 Å². The molecule has 1 aromatic heterocycles. The third kappa shape index (κ3) is 3.73. The summed E-state index contributed by atoms with van der Waals surface area (Å²) in [5, 5.41) is 0. The molecular formula is C12H22N4O. The van der Waals surface area contributed by atoms with E-state index in [0.717, 1.165) is 12.2 Å².